The van der Waals surface area contributed by atoms with Crippen LogP contribution in [-0.4, -0.2) is 53.0 Å². The summed E-state index contributed by atoms with van der Waals surface area (Å²) in [4.78, 5) is 23.4. The third kappa shape index (κ3) is 3.60. The number of nitrogens with one attached hydrogen (secondary N) is 1. The van der Waals surface area contributed by atoms with Gasteiger partial charge >= 0.3 is 5.69 Å². The molecule has 1 N–H and O–H groups in total. The van der Waals surface area contributed by atoms with E-state index >= 15 is 0 Å². The van der Waals surface area contributed by atoms with Crippen LogP contribution in [0.4, 0.5) is 17.5 Å². The first-order chi connectivity index (χ1) is 11.7. The highest BCUT2D eigenvalue weighted by Crippen LogP contribution is 2.27. The number of hydrogen-bond donors (Lipinski definition) is 1. The Hall–Kier alpha value is -2.74. The molecule has 0 amide bonds. The molecule has 1 fully saturated rings. The van der Waals surface area contributed by atoms with Gasteiger partial charge in [-0.25, -0.2) is 4.98 Å². The highest BCUT2D eigenvalue weighted by atomic mass is 16.6. The summed E-state index contributed by atoms with van der Waals surface area (Å²) in [5.74, 6) is 0.779. The molecule has 1 aromatic carbocycles. The van der Waals surface area contributed by atoms with Gasteiger partial charge in [0.05, 0.1) is 4.92 Å². The maximum atomic E-state index is 11.2. The number of nitrogens with zero attached hydrogens (tertiary/aromatic N) is 5. The van der Waals surface area contributed by atoms with Crippen molar-refractivity contribution in [2.75, 3.05) is 43.4 Å². The summed E-state index contributed by atoms with van der Waals surface area (Å²) < 4.78 is 0. The minimum atomic E-state index is -0.425. The highest BCUT2D eigenvalue weighted by molar-refractivity contribution is 5.59. The number of anilines is 2. The predicted octanol–water partition coefficient (Wildman–Crippen LogP) is 1.75. The van der Waals surface area contributed by atoms with Crippen LogP contribution in [0, 0.1) is 10.1 Å². The van der Waals surface area contributed by atoms with Gasteiger partial charge in [0.2, 0.25) is 11.8 Å². The van der Waals surface area contributed by atoms with E-state index in [1.807, 2.05) is 23.1 Å². The summed E-state index contributed by atoms with van der Waals surface area (Å²) in [5, 5.41) is 14.1. The minimum absolute atomic E-state index is 0.0505. The fourth-order valence-corrected chi connectivity index (χ4v) is 2.81. The minimum Gasteiger partial charge on any atom is -0.357 e. The van der Waals surface area contributed by atoms with Crippen LogP contribution in [0.1, 0.15) is 5.56 Å². The average Bonchev–Trinajstić information content (AvgIpc) is 2.62. The molecule has 8 nitrogen and oxygen atoms in total. The second-order valence-electron chi connectivity index (χ2n) is 5.66. The summed E-state index contributed by atoms with van der Waals surface area (Å²) in [6.45, 7) is 3.97. The summed E-state index contributed by atoms with van der Waals surface area (Å²) >= 11 is 0. The molecule has 24 heavy (non-hydrogen) atoms. The molecular formula is C16H20N6O2. The van der Waals surface area contributed by atoms with Gasteiger partial charge in [0.1, 0.15) is 6.20 Å². The van der Waals surface area contributed by atoms with Crippen molar-refractivity contribution in [2.45, 2.75) is 6.54 Å². The number of nitro groups is 1. The molecule has 0 unspecified atom stereocenters. The van der Waals surface area contributed by atoms with Gasteiger partial charge in [-0.15, -0.1) is 0 Å². The van der Waals surface area contributed by atoms with E-state index < -0.39 is 4.92 Å². The molecule has 1 aliphatic rings. The fourth-order valence-electron chi connectivity index (χ4n) is 2.81. The van der Waals surface area contributed by atoms with Crippen molar-refractivity contribution < 1.29 is 4.92 Å². The van der Waals surface area contributed by atoms with E-state index in [1.54, 1.807) is 7.05 Å². The van der Waals surface area contributed by atoms with E-state index in [-0.39, 0.29) is 5.69 Å². The molecule has 8 heteroatoms. The second kappa shape index (κ2) is 7.22. The van der Waals surface area contributed by atoms with Gasteiger partial charge < -0.3 is 10.2 Å². The van der Waals surface area contributed by atoms with Crippen molar-refractivity contribution in [2.24, 2.45) is 0 Å². The van der Waals surface area contributed by atoms with Gasteiger partial charge in [0.25, 0.3) is 0 Å². The summed E-state index contributed by atoms with van der Waals surface area (Å²) in [6, 6.07) is 10.3. The van der Waals surface area contributed by atoms with E-state index in [2.05, 4.69) is 32.3 Å². The van der Waals surface area contributed by atoms with E-state index in [0.29, 0.717) is 24.9 Å². The molecular weight excluding hydrogens is 308 g/mol. The number of rotatable bonds is 5. The summed E-state index contributed by atoms with van der Waals surface area (Å²) in [5.41, 5.74) is 1.22. The molecule has 0 bridgehead atoms. The Labute approximate surface area is 140 Å². The molecule has 2 heterocycles. The lowest BCUT2D eigenvalue weighted by molar-refractivity contribution is -0.384. The predicted molar refractivity (Wildman–Crippen MR) is 92.2 cm³/mol. The first-order valence-corrected chi connectivity index (χ1v) is 7.88. The fraction of sp³-hybridized carbons (Fsp3) is 0.375. The Kier molecular flexibility index (Phi) is 4.85. The van der Waals surface area contributed by atoms with E-state index in [4.69, 9.17) is 0 Å². The van der Waals surface area contributed by atoms with E-state index in [0.717, 1.165) is 19.6 Å². The zero-order valence-corrected chi connectivity index (χ0v) is 13.6. The zero-order valence-electron chi connectivity index (χ0n) is 13.6. The van der Waals surface area contributed by atoms with Gasteiger partial charge in [0, 0.05) is 39.8 Å². The Morgan fingerprint density at radius 3 is 2.54 bits per heavy atom. The Morgan fingerprint density at radius 2 is 1.92 bits per heavy atom. The maximum absolute atomic E-state index is 11.2. The monoisotopic (exact) mass is 328 g/mol. The molecule has 0 aliphatic carbocycles. The van der Waals surface area contributed by atoms with Crippen LogP contribution in [0.25, 0.3) is 0 Å². The molecule has 1 aliphatic heterocycles. The number of hydrogen-bond acceptors (Lipinski definition) is 7. The van der Waals surface area contributed by atoms with Crippen LogP contribution in [0.3, 0.4) is 0 Å². The lowest BCUT2D eigenvalue weighted by Crippen LogP contribution is -2.46. The van der Waals surface area contributed by atoms with Crippen LogP contribution in [0.15, 0.2) is 36.5 Å². The van der Waals surface area contributed by atoms with Gasteiger partial charge in [-0.2, -0.15) is 4.98 Å². The standard InChI is InChI=1S/C16H20N6O2/c1-17-16-18-11-14(22(23)24)15(19-16)21-9-7-20(8-10-21)12-13-5-3-2-4-6-13/h2-6,11H,7-10,12H2,1H3,(H,17,18,19). The SMILES string of the molecule is CNc1ncc([N+](=O)[O-])c(N2CCN(Cc3ccccc3)CC2)n1. The molecule has 0 radical (unpaired) electrons. The molecule has 1 aromatic heterocycles. The summed E-state index contributed by atoms with van der Waals surface area (Å²) in [7, 11) is 1.70. The molecule has 1 saturated heterocycles. The van der Waals surface area contributed by atoms with Crippen LogP contribution in [0.2, 0.25) is 0 Å². The molecule has 3 rings (SSSR count). The van der Waals surface area contributed by atoms with Gasteiger partial charge in [-0.1, -0.05) is 30.3 Å². The summed E-state index contributed by atoms with van der Waals surface area (Å²) in [6.07, 6.45) is 1.27. The van der Waals surface area contributed by atoms with Crippen LogP contribution < -0.4 is 10.2 Å². The largest absolute Gasteiger partial charge is 0.357 e. The van der Waals surface area contributed by atoms with E-state index in [1.165, 1.54) is 11.8 Å². The number of piperazine rings is 1. The van der Waals surface area contributed by atoms with Crippen molar-refractivity contribution in [3.05, 3.63) is 52.2 Å². The molecule has 0 atom stereocenters. The topological polar surface area (TPSA) is 87.4 Å². The molecule has 0 spiro atoms. The lowest BCUT2D eigenvalue weighted by atomic mass is 10.2. The zero-order chi connectivity index (χ0) is 16.9. The van der Waals surface area contributed by atoms with E-state index in [9.17, 15) is 10.1 Å². The molecule has 0 saturated carbocycles. The normalized spacial score (nSPS) is 15.3. The van der Waals surface area contributed by atoms with Crippen molar-refractivity contribution in [3.8, 4) is 0 Å². The van der Waals surface area contributed by atoms with Crippen molar-refractivity contribution in [1.29, 1.82) is 0 Å². The molecule has 126 valence electrons. The molecule has 2 aromatic rings. The van der Waals surface area contributed by atoms with Gasteiger partial charge in [0.15, 0.2) is 0 Å². The quantitative estimate of drug-likeness (QED) is 0.661. The van der Waals surface area contributed by atoms with Gasteiger partial charge in [-0.3, -0.25) is 15.0 Å². The lowest BCUT2D eigenvalue weighted by Gasteiger charge is -2.35. The second-order valence-corrected chi connectivity index (χ2v) is 5.66. The Bertz CT molecular complexity index is 701. The highest BCUT2D eigenvalue weighted by Gasteiger charge is 2.26. The first kappa shape index (κ1) is 16.1. The number of aromatic nitrogens is 2. The van der Waals surface area contributed by atoms with Gasteiger partial charge in [-0.05, 0) is 5.56 Å². The van der Waals surface area contributed by atoms with Crippen LogP contribution in [-0.2, 0) is 6.54 Å². The third-order valence-corrected chi connectivity index (χ3v) is 4.09. The van der Waals surface area contributed by atoms with Crippen LogP contribution >= 0.6 is 0 Å². The Morgan fingerprint density at radius 1 is 1.21 bits per heavy atom. The van der Waals surface area contributed by atoms with Crippen molar-refractivity contribution in [3.63, 3.8) is 0 Å². The first-order valence-electron chi connectivity index (χ1n) is 7.88. The van der Waals surface area contributed by atoms with Crippen molar-refractivity contribution >= 4 is 17.5 Å². The maximum Gasteiger partial charge on any atom is 0.329 e. The average molecular weight is 328 g/mol. The Balaban J connectivity index is 1.69. The third-order valence-electron chi connectivity index (χ3n) is 4.09. The number of benzene rings is 1. The van der Waals surface area contributed by atoms with Crippen LogP contribution in [0.5, 0.6) is 0 Å². The van der Waals surface area contributed by atoms with Crippen molar-refractivity contribution in [1.82, 2.24) is 14.9 Å². The smallest absolute Gasteiger partial charge is 0.329 e.